The van der Waals surface area contributed by atoms with E-state index in [9.17, 15) is 4.79 Å². The first kappa shape index (κ1) is 20.5. The maximum atomic E-state index is 13.1. The van der Waals surface area contributed by atoms with Gasteiger partial charge in [0.05, 0.1) is 16.6 Å². The van der Waals surface area contributed by atoms with Crippen molar-refractivity contribution in [3.63, 3.8) is 0 Å². The highest BCUT2D eigenvalue weighted by Crippen LogP contribution is 2.25. The number of fused-ring (bicyclic) bond motifs is 3. The third-order valence-corrected chi connectivity index (χ3v) is 6.48. The van der Waals surface area contributed by atoms with Crippen LogP contribution in [0.1, 0.15) is 25.8 Å². The molecule has 0 aliphatic rings. The lowest BCUT2D eigenvalue weighted by Gasteiger charge is -2.12. The highest BCUT2D eigenvalue weighted by Gasteiger charge is 2.17. The SMILES string of the molecule is CC(C)CCn1c(=O)c2ccccc2n2c(SCc3ccc(-n4cccn4)cc3)nnc12. The second-order valence-electron chi connectivity index (χ2n) is 8.18. The van der Waals surface area contributed by atoms with Gasteiger partial charge >= 0.3 is 0 Å². The van der Waals surface area contributed by atoms with Crippen LogP contribution in [0.4, 0.5) is 0 Å². The van der Waals surface area contributed by atoms with E-state index in [0.717, 1.165) is 28.5 Å². The van der Waals surface area contributed by atoms with Crippen LogP contribution in [0.3, 0.4) is 0 Å². The van der Waals surface area contributed by atoms with Crippen LogP contribution < -0.4 is 5.56 Å². The molecule has 3 heterocycles. The lowest BCUT2D eigenvalue weighted by molar-refractivity contribution is 0.512. The maximum absolute atomic E-state index is 13.1. The van der Waals surface area contributed by atoms with E-state index < -0.39 is 0 Å². The van der Waals surface area contributed by atoms with Gasteiger partial charge in [-0.1, -0.05) is 49.9 Å². The van der Waals surface area contributed by atoms with E-state index in [1.54, 1.807) is 22.5 Å². The number of benzene rings is 2. The Morgan fingerprint density at radius 1 is 1.00 bits per heavy atom. The fraction of sp³-hybridized carbons (Fsp3) is 0.250. The molecular weight excluding hydrogens is 420 g/mol. The number of hydrogen-bond acceptors (Lipinski definition) is 5. The lowest BCUT2D eigenvalue weighted by Crippen LogP contribution is -2.24. The number of rotatable bonds is 7. The molecule has 5 rings (SSSR count). The summed E-state index contributed by atoms with van der Waals surface area (Å²) in [6, 6.07) is 17.9. The molecule has 32 heavy (non-hydrogen) atoms. The predicted molar refractivity (Wildman–Crippen MR) is 127 cm³/mol. The van der Waals surface area contributed by atoms with Gasteiger partial charge in [0, 0.05) is 24.7 Å². The van der Waals surface area contributed by atoms with E-state index in [-0.39, 0.29) is 5.56 Å². The predicted octanol–water partition coefficient (Wildman–Crippen LogP) is 4.57. The van der Waals surface area contributed by atoms with Crippen LogP contribution in [0, 0.1) is 5.92 Å². The molecule has 0 saturated carbocycles. The molecule has 0 aliphatic carbocycles. The van der Waals surface area contributed by atoms with Gasteiger partial charge in [-0.2, -0.15) is 5.10 Å². The summed E-state index contributed by atoms with van der Waals surface area (Å²) in [5.41, 5.74) is 3.04. The van der Waals surface area contributed by atoms with Crippen molar-refractivity contribution in [3.05, 3.63) is 82.9 Å². The van der Waals surface area contributed by atoms with Crippen molar-refractivity contribution in [2.75, 3.05) is 0 Å². The Morgan fingerprint density at radius 3 is 2.56 bits per heavy atom. The molecule has 8 heteroatoms. The Hall–Kier alpha value is -3.39. The van der Waals surface area contributed by atoms with Gasteiger partial charge in [-0.25, -0.2) is 4.68 Å². The van der Waals surface area contributed by atoms with Gasteiger partial charge in [-0.05, 0) is 48.2 Å². The van der Waals surface area contributed by atoms with E-state index in [1.165, 1.54) is 5.56 Å². The van der Waals surface area contributed by atoms with Gasteiger partial charge in [0.15, 0.2) is 5.16 Å². The fourth-order valence-electron chi connectivity index (χ4n) is 3.73. The van der Waals surface area contributed by atoms with Crippen molar-refractivity contribution in [1.82, 2.24) is 28.9 Å². The summed E-state index contributed by atoms with van der Waals surface area (Å²) in [5.74, 6) is 1.85. The molecule has 0 spiro atoms. The summed E-state index contributed by atoms with van der Waals surface area (Å²) < 4.78 is 5.61. The molecule has 0 fully saturated rings. The van der Waals surface area contributed by atoms with Gasteiger partial charge in [0.25, 0.3) is 5.56 Å². The number of aromatic nitrogens is 6. The zero-order valence-electron chi connectivity index (χ0n) is 18.0. The minimum atomic E-state index is -0.00749. The second kappa shape index (κ2) is 8.63. The highest BCUT2D eigenvalue weighted by atomic mass is 32.2. The van der Waals surface area contributed by atoms with Crippen molar-refractivity contribution < 1.29 is 0 Å². The molecule has 0 bridgehead atoms. The van der Waals surface area contributed by atoms with Crippen molar-refractivity contribution in [2.45, 2.75) is 37.7 Å². The highest BCUT2D eigenvalue weighted by molar-refractivity contribution is 7.98. The second-order valence-corrected chi connectivity index (χ2v) is 9.12. The molecule has 2 aromatic carbocycles. The molecule has 5 aromatic rings. The summed E-state index contributed by atoms with van der Waals surface area (Å²) in [6.45, 7) is 4.94. The van der Waals surface area contributed by atoms with Gasteiger partial charge in [-0.15, -0.1) is 10.2 Å². The standard InChI is InChI=1S/C24H24N6OS/c1-17(2)12-15-28-22(31)20-6-3-4-7-21(20)30-23(28)26-27-24(30)32-16-18-8-10-19(11-9-18)29-14-5-13-25-29/h3-11,13-14,17H,12,15-16H2,1-2H3. The first-order valence-electron chi connectivity index (χ1n) is 10.7. The Morgan fingerprint density at radius 2 is 1.81 bits per heavy atom. The smallest absolute Gasteiger partial charge is 0.262 e. The van der Waals surface area contributed by atoms with Gasteiger partial charge in [0.1, 0.15) is 0 Å². The normalized spacial score (nSPS) is 11.7. The van der Waals surface area contributed by atoms with Crippen LogP contribution in [0.15, 0.2) is 76.9 Å². The van der Waals surface area contributed by atoms with Crippen LogP contribution >= 0.6 is 11.8 Å². The van der Waals surface area contributed by atoms with E-state index in [1.807, 2.05) is 45.6 Å². The molecular formula is C24H24N6OS. The largest absolute Gasteiger partial charge is 0.276 e. The maximum Gasteiger partial charge on any atom is 0.262 e. The molecule has 0 N–H and O–H groups in total. The average molecular weight is 445 g/mol. The number of thioether (sulfide) groups is 1. The third kappa shape index (κ3) is 3.82. The minimum Gasteiger partial charge on any atom is -0.276 e. The fourth-order valence-corrected chi connectivity index (χ4v) is 4.63. The first-order chi connectivity index (χ1) is 15.6. The number of para-hydroxylation sites is 1. The number of hydrogen-bond donors (Lipinski definition) is 0. The number of aryl methyl sites for hydroxylation is 1. The molecule has 0 amide bonds. The zero-order valence-corrected chi connectivity index (χ0v) is 18.9. The van der Waals surface area contributed by atoms with E-state index in [4.69, 9.17) is 0 Å². The van der Waals surface area contributed by atoms with Crippen LogP contribution in [0.2, 0.25) is 0 Å². The lowest BCUT2D eigenvalue weighted by atomic mass is 10.1. The molecule has 0 saturated heterocycles. The van der Waals surface area contributed by atoms with Crippen LogP contribution in [-0.2, 0) is 12.3 Å². The first-order valence-corrected chi connectivity index (χ1v) is 11.7. The molecule has 0 radical (unpaired) electrons. The Balaban J connectivity index is 1.49. The topological polar surface area (TPSA) is 70.0 Å². The van der Waals surface area contributed by atoms with Gasteiger partial charge in [0.2, 0.25) is 5.78 Å². The van der Waals surface area contributed by atoms with Crippen LogP contribution in [0.5, 0.6) is 0 Å². The Labute approximate surface area is 189 Å². The monoisotopic (exact) mass is 444 g/mol. The molecule has 162 valence electrons. The van der Waals surface area contributed by atoms with Crippen molar-refractivity contribution in [3.8, 4) is 5.69 Å². The quantitative estimate of drug-likeness (QED) is 0.344. The molecule has 0 unspecified atom stereocenters. The van der Waals surface area contributed by atoms with E-state index in [0.29, 0.717) is 23.6 Å². The summed E-state index contributed by atoms with van der Waals surface area (Å²) in [6.07, 6.45) is 4.60. The Kier molecular flexibility index (Phi) is 5.53. The number of nitrogens with zero attached hydrogens (tertiary/aromatic N) is 6. The van der Waals surface area contributed by atoms with Crippen molar-refractivity contribution in [2.24, 2.45) is 5.92 Å². The molecule has 0 atom stereocenters. The third-order valence-electron chi connectivity index (χ3n) is 5.48. The summed E-state index contributed by atoms with van der Waals surface area (Å²) in [5, 5.41) is 14.6. The van der Waals surface area contributed by atoms with Crippen LogP contribution in [-0.4, -0.2) is 28.9 Å². The van der Waals surface area contributed by atoms with Crippen molar-refractivity contribution >= 4 is 28.4 Å². The van der Waals surface area contributed by atoms with Crippen LogP contribution in [0.25, 0.3) is 22.4 Å². The Bertz CT molecular complexity index is 1420. The zero-order chi connectivity index (χ0) is 22.1. The van der Waals surface area contributed by atoms with E-state index in [2.05, 4.69) is 53.4 Å². The summed E-state index contributed by atoms with van der Waals surface area (Å²) in [7, 11) is 0. The van der Waals surface area contributed by atoms with E-state index >= 15 is 0 Å². The molecule has 7 nitrogen and oxygen atoms in total. The van der Waals surface area contributed by atoms with Gasteiger partial charge in [-0.3, -0.25) is 13.8 Å². The average Bonchev–Trinajstić information content (AvgIpc) is 3.48. The van der Waals surface area contributed by atoms with Gasteiger partial charge < -0.3 is 0 Å². The minimum absolute atomic E-state index is 0.00749. The molecule has 3 aromatic heterocycles. The summed E-state index contributed by atoms with van der Waals surface area (Å²) >= 11 is 1.62. The molecule has 0 aliphatic heterocycles. The van der Waals surface area contributed by atoms with Crippen molar-refractivity contribution in [1.29, 1.82) is 0 Å². The summed E-state index contributed by atoms with van der Waals surface area (Å²) in [4.78, 5) is 13.1.